The summed E-state index contributed by atoms with van der Waals surface area (Å²) in [6, 6.07) is 11.0. The van der Waals surface area contributed by atoms with Crippen LogP contribution in [0.1, 0.15) is 43.6 Å². The van der Waals surface area contributed by atoms with Crippen LogP contribution in [0.4, 0.5) is 5.69 Å². The second-order valence-corrected chi connectivity index (χ2v) is 9.73. The number of methoxy groups -OCH3 is 1. The zero-order chi connectivity index (χ0) is 23.4. The minimum absolute atomic E-state index is 0.203. The van der Waals surface area contributed by atoms with E-state index < -0.39 is 11.2 Å². The molecule has 2 aromatic carbocycles. The summed E-state index contributed by atoms with van der Waals surface area (Å²) >= 11 is 7.70. The number of carbonyl (C=O) groups excluding carboxylic acids is 1. The highest BCUT2D eigenvalue weighted by Gasteiger charge is 2.38. The molecule has 1 heterocycles. The fourth-order valence-electron chi connectivity index (χ4n) is 3.82. The topological polar surface area (TPSA) is 76.1 Å². The Labute approximate surface area is 197 Å². The average molecular weight is 478 g/mol. The number of anilines is 1. The Hall–Kier alpha value is -2.38. The minimum atomic E-state index is -1.01. The number of carbonyl (C=O) groups is 2. The molecule has 0 bridgehead atoms. The lowest BCUT2D eigenvalue weighted by molar-refractivity contribution is -0.138. The Balaban J connectivity index is 2.20. The maximum absolute atomic E-state index is 13.5. The number of aliphatic carboxylic acids is 1. The molecule has 2 unspecified atom stereocenters. The number of hydrogen-bond acceptors (Lipinski definition) is 5. The van der Waals surface area contributed by atoms with Crippen molar-refractivity contribution in [3.05, 3.63) is 52.5 Å². The fraction of sp³-hybridized carbons (Fsp3) is 0.417. The number of fused-ring (bicyclic) bond motifs is 1. The average Bonchev–Trinajstić information content (AvgIpc) is 2.83. The van der Waals surface area contributed by atoms with E-state index >= 15 is 0 Å². The molecule has 1 aliphatic heterocycles. The Morgan fingerprint density at radius 2 is 1.97 bits per heavy atom. The van der Waals surface area contributed by atoms with Crippen LogP contribution < -0.4 is 14.4 Å². The van der Waals surface area contributed by atoms with Crippen molar-refractivity contribution in [1.82, 2.24) is 0 Å². The summed E-state index contributed by atoms with van der Waals surface area (Å²) in [6.45, 7) is 6.97. The van der Waals surface area contributed by atoms with Gasteiger partial charge in [-0.1, -0.05) is 31.5 Å². The molecule has 1 aliphatic rings. The third-order valence-corrected chi connectivity index (χ3v) is 6.82. The Morgan fingerprint density at radius 3 is 2.59 bits per heavy atom. The van der Waals surface area contributed by atoms with Gasteiger partial charge < -0.3 is 19.5 Å². The number of nitrogens with zero attached hydrogens (tertiary/aromatic N) is 1. The number of halogens is 1. The molecular formula is C24H28ClNO5S. The number of amides is 1. The maximum Gasteiger partial charge on any atom is 0.305 e. The normalized spacial score (nSPS) is 18.3. The summed E-state index contributed by atoms with van der Waals surface area (Å²) in [6.07, 6.45) is -0.268. The van der Waals surface area contributed by atoms with Gasteiger partial charge >= 0.3 is 5.97 Å². The molecule has 1 N–H and O–H groups in total. The van der Waals surface area contributed by atoms with Gasteiger partial charge in [0.25, 0.3) is 0 Å². The lowest BCUT2D eigenvalue weighted by Gasteiger charge is -2.27. The molecule has 2 aromatic rings. The van der Waals surface area contributed by atoms with Gasteiger partial charge in [-0.3, -0.25) is 9.59 Å². The summed E-state index contributed by atoms with van der Waals surface area (Å²) in [4.78, 5) is 26.8. The highest BCUT2D eigenvalue weighted by atomic mass is 35.5. The van der Waals surface area contributed by atoms with Gasteiger partial charge in [0.15, 0.2) is 0 Å². The van der Waals surface area contributed by atoms with Crippen LogP contribution >= 0.6 is 23.4 Å². The molecule has 1 amide bonds. The van der Waals surface area contributed by atoms with E-state index in [4.69, 9.17) is 21.1 Å². The highest BCUT2D eigenvalue weighted by molar-refractivity contribution is 8.01. The second kappa shape index (κ2) is 10.5. The van der Waals surface area contributed by atoms with Crippen molar-refractivity contribution in [2.45, 2.75) is 37.7 Å². The molecule has 6 nitrogen and oxygen atoms in total. The van der Waals surface area contributed by atoms with E-state index in [1.807, 2.05) is 51.1 Å². The van der Waals surface area contributed by atoms with E-state index in [1.54, 1.807) is 18.1 Å². The van der Waals surface area contributed by atoms with Crippen molar-refractivity contribution in [2.75, 3.05) is 25.2 Å². The molecule has 0 spiro atoms. The SMILES string of the molecule is CCOc1ccc(C2SC(CC(=O)O)C(=O)N(CC(C)C)c3ccc(Cl)cc32)c(OC)c1. The minimum Gasteiger partial charge on any atom is -0.496 e. The van der Waals surface area contributed by atoms with Gasteiger partial charge in [-0.05, 0) is 42.7 Å². The molecule has 172 valence electrons. The van der Waals surface area contributed by atoms with E-state index in [1.165, 1.54) is 11.8 Å². The summed E-state index contributed by atoms with van der Waals surface area (Å²) in [5.74, 6) is 0.272. The monoisotopic (exact) mass is 477 g/mol. The molecule has 0 aliphatic carbocycles. The molecule has 0 saturated heterocycles. The van der Waals surface area contributed by atoms with Gasteiger partial charge in [0.1, 0.15) is 11.5 Å². The van der Waals surface area contributed by atoms with Crippen molar-refractivity contribution in [3.8, 4) is 11.5 Å². The first-order valence-electron chi connectivity index (χ1n) is 10.5. The standard InChI is InChI=1S/C24H28ClNO5S/c1-5-31-16-7-8-17(20(11-16)30-4)23-18-10-15(25)6-9-19(18)26(13-14(2)3)24(29)21(32-23)12-22(27)28/h6-11,14,21,23H,5,12-13H2,1-4H3,(H,27,28). The number of carboxylic acid groups (broad SMARTS) is 1. The van der Waals surface area contributed by atoms with E-state index in [2.05, 4.69) is 0 Å². The van der Waals surface area contributed by atoms with Gasteiger partial charge in [0.05, 0.1) is 30.6 Å². The predicted molar refractivity (Wildman–Crippen MR) is 128 cm³/mol. The zero-order valence-electron chi connectivity index (χ0n) is 18.6. The van der Waals surface area contributed by atoms with E-state index in [0.717, 1.165) is 16.8 Å². The fourth-order valence-corrected chi connectivity index (χ4v) is 5.49. The quantitative estimate of drug-likeness (QED) is 0.547. The van der Waals surface area contributed by atoms with Gasteiger partial charge in [0, 0.05) is 28.9 Å². The molecule has 0 aromatic heterocycles. The molecule has 0 radical (unpaired) electrons. The Kier molecular flexibility index (Phi) is 7.96. The predicted octanol–water partition coefficient (Wildman–Crippen LogP) is 5.42. The third-order valence-electron chi connectivity index (χ3n) is 5.11. The van der Waals surface area contributed by atoms with Crippen LogP contribution in [0.3, 0.4) is 0 Å². The van der Waals surface area contributed by atoms with Crippen LogP contribution in [-0.4, -0.2) is 42.5 Å². The summed E-state index contributed by atoms with van der Waals surface area (Å²) in [5.41, 5.74) is 2.43. The lowest BCUT2D eigenvalue weighted by atomic mass is 10.00. The summed E-state index contributed by atoms with van der Waals surface area (Å²) < 4.78 is 11.3. The molecular weight excluding hydrogens is 450 g/mol. The van der Waals surface area contributed by atoms with Crippen molar-refractivity contribution in [3.63, 3.8) is 0 Å². The number of rotatable bonds is 8. The van der Waals surface area contributed by atoms with Crippen molar-refractivity contribution >= 4 is 40.9 Å². The number of benzene rings is 2. The van der Waals surface area contributed by atoms with E-state index in [9.17, 15) is 14.7 Å². The van der Waals surface area contributed by atoms with Crippen LogP contribution in [-0.2, 0) is 9.59 Å². The number of carboxylic acids is 1. The molecule has 2 atom stereocenters. The number of hydrogen-bond donors (Lipinski definition) is 1. The Bertz CT molecular complexity index is 996. The molecule has 0 fully saturated rings. The summed E-state index contributed by atoms with van der Waals surface area (Å²) in [5, 5.41) is 8.96. The smallest absolute Gasteiger partial charge is 0.305 e. The molecule has 8 heteroatoms. The first kappa shape index (κ1) is 24.3. The van der Waals surface area contributed by atoms with Gasteiger partial charge in [-0.2, -0.15) is 0 Å². The van der Waals surface area contributed by atoms with Crippen molar-refractivity contribution in [1.29, 1.82) is 0 Å². The molecule has 32 heavy (non-hydrogen) atoms. The van der Waals surface area contributed by atoms with E-state index in [-0.39, 0.29) is 23.5 Å². The van der Waals surface area contributed by atoms with Crippen LogP contribution in [0.2, 0.25) is 5.02 Å². The van der Waals surface area contributed by atoms with Crippen LogP contribution in [0.15, 0.2) is 36.4 Å². The Morgan fingerprint density at radius 1 is 1.22 bits per heavy atom. The zero-order valence-corrected chi connectivity index (χ0v) is 20.2. The van der Waals surface area contributed by atoms with Crippen LogP contribution in [0, 0.1) is 5.92 Å². The van der Waals surface area contributed by atoms with Crippen molar-refractivity contribution < 1.29 is 24.2 Å². The van der Waals surface area contributed by atoms with Crippen LogP contribution in [0.25, 0.3) is 0 Å². The van der Waals surface area contributed by atoms with Gasteiger partial charge in [0.2, 0.25) is 5.91 Å². The maximum atomic E-state index is 13.5. The number of ether oxygens (including phenoxy) is 2. The number of thioether (sulfide) groups is 1. The molecule has 3 rings (SSSR count). The van der Waals surface area contributed by atoms with Gasteiger partial charge in [-0.25, -0.2) is 0 Å². The second-order valence-electron chi connectivity index (χ2n) is 7.99. The van der Waals surface area contributed by atoms with E-state index in [0.29, 0.717) is 29.7 Å². The third kappa shape index (κ3) is 5.33. The first-order chi connectivity index (χ1) is 15.2. The van der Waals surface area contributed by atoms with Crippen LogP contribution in [0.5, 0.6) is 11.5 Å². The largest absolute Gasteiger partial charge is 0.496 e. The summed E-state index contributed by atoms with van der Waals surface area (Å²) in [7, 11) is 1.58. The molecule has 0 saturated carbocycles. The first-order valence-corrected chi connectivity index (χ1v) is 11.9. The lowest BCUT2D eigenvalue weighted by Crippen LogP contribution is -2.40. The highest BCUT2D eigenvalue weighted by Crippen LogP contribution is 2.50. The van der Waals surface area contributed by atoms with Crippen molar-refractivity contribution in [2.24, 2.45) is 5.92 Å². The van der Waals surface area contributed by atoms with Gasteiger partial charge in [-0.15, -0.1) is 11.8 Å².